The topological polar surface area (TPSA) is 241 Å². The average Bonchev–Trinajstić information content (AvgIpc) is 4.11. The number of rotatable bonds is 14. The van der Waals surface area contributed by atoms with Gasteiger partial charge in [-0.1, -0.05) is 59.0 Å². The second-order valence-corrected chi connectivity index (χ2v) is 14.7. The first-order valence-electron chi connectivity index (χ1n) is 19.6. The summed E-state index contributed by atoms with van der Waals surface area (Å²) in [6, 6.07) is 15.4. The van der Waals surface area contributed by atoms with Crippen molar-refractivity contribution in [2.24, 2.45) is 0 Å². The van der Waals surface area contributed by atoms with Gasteiger partial charge >= 0.3 is 12.2 Å². The number of alkyl carbamates (subject to hydrolysis) is 2. The van der Waals surface area contributed by atoms with Crippen molar-refractivity contribution in [2.45, 2.75) is 62.7 Å². The molecule has 2 fully saturated rings. The fraction of sp³-hybridized carbons (Fsp3) is 0.375. The number of aromatic amines is 4. The van der Waals surface area contributed by atoms with Crippen LogP contribution in [0.2, 0.25) is 0 Å². The van der Waals surface area contributed by atoms with Gasteiger partial charge in [0.1, 0.15) is 17.7 Å². The van der Waals surface area contributed by atoms with Crippen molar-refractivity contribution in [3.63, 3.8) is 0 Å². The SMILES string of the molecule is COC(=O)N[C@H](Cc1c[nH]nn1)CN1CCC[C@H]1c1ncc(-c2ccc(-c3ccc(-c4cnc([C@@H]5CCCN5C(=O)[C@H](Cc5c[nH]nn5)NC(=O)OC)[nH]4)cc3)cc2)[nH]1. The summed E-state index contributed by atoms with van der Waals surface area (Å²) in [5, 5.41) is 26.6. The number of aromatic nitrogens is 10. The maximum Gasteiger partial charge on any atom is 0.407 e. The van der Waals surface area contributed by atoms with Gasteiger partial charge in [0, 0.05) is 38.3 Å². The molecule has 6 heterocycles. The zero-order valence-corrected chi connectivity index (χ0v) is 32.7. The number of H-pyrrole nitrogens is 4. The molecular weight excluding hydrogens is 757 g/mol. The lowest BCUT2D eigenvalue weighted by Gasteiger charge is -2.28. The van der Waals surface area contributed by atoms with Crippen LogP contribution in [0.3, 0.4) is 0 Å². The van der Waals surface area contributed by atoms with Gasteiger partial charge in [-0.15, -0.1) is 10.2 Å². The third kappa shape index (κ3) is 8.99. The maximum atomic E-state index is 13.8. The Kier molecular flexibility index (Phi) is 11.7. The summed E-state index contributed by atoms with van der Waals surface area (Å²) in [5.74, 6) is 1.35. The Morgan fingerprint density at radius 1 is 0.712 bits per heavy atom. The summed E-state index contributed by atoms with van der Waals surface area (Å²) in [6.07, 6.45) is 10.0. The highest BCUT2D eigenvalue weighted by atomic mass is 16.5. The summed E-state index contributed by atoms with van der Waals surface area (Å²) in [6.45, 7) is 2.04. The minimum Gasteiger partial charge on any atom is -0.453 e. The van der Waals surface area contributed by atoms with E-state index in [0.29, 0.717) is 31.0 Å². The van der Waals surface area contributed by atoms with Gasteiger partial charge in [0.2, 0.25) is 5.91 Å². The smallest absolute Gasteiger partial charge is 0.407 e. The van der Waals surface area contributed by atoms with Gasteiger partial charge in [0.25, 0.3) is 0 Å². The van der Waals surface area contributed by atoms with E-state index < -0.39 is 18.2 Å². The van der Waals surface area contributed by atoms with E-state index in [9.17, 15) is 14.4 Å². The lowest BCUT2D eigenvalue weighted by molar-refractivity contribution is -0.134. The normalized spacial score (nSPS) is 17.8. The van der Waals surface area contributed by atoms with E-state index >= 15 is 0 Å². The van der Waals surface area contributed by atoms with Crippen molar-refractivity contribution in [3.8, 4) is 33.6 Å². The van der Waals surface area contributed by atoms with Crippen LogP contribution in [-0.4, -0.2) is 125 Å². The summed E-state index contributed by atoms with van der Waals surface area (Å²) >= 11 is 0. The molecule has 4 atom stereocenters. The minimum atomic E-state index is -0.871. The Morgan fingerprint density at radius 3 is 1.81 bits per heavy atom. The minimum absolute atomic E-state index is 0.0879. The molecule has 0 radical (unpaired) electrons. The lowest BCUT2D eigenvalue weighted by Crippen LogP contribution is -2.49. The van der Waals surface area contributed by atoms with Crippen LogP contribution in [-0.2, 0) is 27.1 Å². The summed E-state index contributed by atoms with van der Waals surface area (Å²) < 4.78 is 9.67. The van der Waals surface area contributed by atoms with E-state index in [-0.39, 0.29) is 30.5 Å². The molecular formula is C40H46N14O5. The van der Waals surface area contributed by atoms with Crippen LogP contribution >= 0.6 is 0 Å². The number of nitrogens with zero attached hydrogens (tertiary/aromatic N) is 8. The number of carbonyl (C=O) groups excluding carboxylic acids is 3. The van der Waals surface area contributed by atoms with E-state index in [4.69, 9.17) is 14.5 Å². The molecule has 59 heavy (non-hydrogen) atoms. The lowest BCUT2D eigenvalue weighted by atomic mass is 10.0. The second-order valence-electron chi connectivity index (χ2n) is 14.7. The van der Waals surface area contributed by atoms with Crippen molar-refractivity contribution in [2.75, 3.05) is 33.9 Å². The quantitative estimate of drug-likeness (QED) is 0.0913. The highest BCUT2D eigenvalue weighted by Gasteiger charge is 2.37. The Balaban J connectivity index is 0.902. The molecule has 2 aliphatic heterocycles. The third-order valence-corrected chi connectivity index (χ3v) is 11.0. The van der Waals surface area contributed by atoms with Gasteiger partial charge in [-0.2, -0.15) is 0 Å². The number of imidazole rings is 2. The molecule has 19 heteroatoms. The number of ether oxygens (including phenoxy) is 2. The fourth-order valence-electron chi connectivity index (χ4n) is 8.04. The molecule has 0 saturated carbocycles. The number of nitrogens with one attached hydrogen (secondary N) is 6. The maximum absolute atomic E-state index is 13.8. The van der Waals surface area contributed by atoms with E-state index in [1.165, 1.54) is 14.2 Å². The first kappa shape index (κ1) is 39.0. The van der Waals surface area contributed by atoms with E-state index in [0.717, 1.165) is 77.4 Å². The zero-order valence-electron chi connectivity index (χ0n) is 32.7. The van der Waals surface area contributed by atoms with Gasteiger partial charge in [0.05, 0.1) is 67.5 Å². The van der Waals surface area contributed by atoms with Crippen LogP contribution in [0.5, 0.6) is 0 Å². The Hall–Kier alpha value is -6.89. The van der Waals surface area contributed by atoms with Crippen molar-refractivity contribution in [1.29, 1.82) is 0 Å². The monoisotopic (exact) mass is 802 g/mol. The number of likely N-dealkylation sites (tertiary alicyclic amines) is 2. The van der Waals surface area contributed by atoms with Crippen LogP contribution in [0.15, 0.2) is 73.3 Å². The van der Waals surface area contributed by atoms with E-state index in [1.807, 2.05) is 6.20 Å². The molecule has 0 unspecified atom stereocenters. The molecule has 2 aromatic carbocycles. The molecule has 0 aliphatic carbocycles. The Morgan fingerprint density at radius 2 is 1.24 bits per heavy atom. The standard InChI is InChI=1S/C40H46N14O5/c1-58-39(56)45-30(17-28-19-43-51-49-28)23-53-15-3-5-34(53)36-41-21-32(46-36)26-11-7-24(8-12-26)25-9-13-27(14-10-25)33-22-42-37(47-33)35-6-4-16-54(35)38(55)31(48-40(57)59-2)18-29-20-44-52-50-29/h7-14,19-22,30-31,34-35H,3-6,15-18,23H2,1-2H3,(H,41,46)(H,42,47)(H,45,56)(H,48,57)(H,43,49,51)(H,44,50,52)/t30-,31+,34+,35+/m1/s1. The second kappa shape index (κ2) is 17.7. The van der Waals surface area contributed by atoms with Crippen LogP contribution in [0.25, 0.3) is 33.6 Å². The fourth-order valence-corrected chi connectivity index (χ4v) is 8.04. The predicted molar refractivity (Wildman–Crippen MR) is 213 cm³/mol. The highest BCUT2D eigenvalue weighted by molar-refractivity contribution is 5.86. The average molecular weight is 803 g/mol. The molecule has 6 aromatic rings. The van der Waals surface area contributed by atoms with E-state index in [1.54, 1.807) is 23.5 Å². The molecule has 2 aliphatic rings. The third-order valence-electron chi connectivity index (χ3n) is 11.0. The number of benzene rings is 2. The molecule has 19 nitrogen and oxygen atoms in total. The molecule has 4 aromatic heterocycles. The summed E-state index contributed by atoms with van der Waals surface area (Å²) in [7, 11) is 2.62. The molecule has 8 rings (SSSR count). The Labute approximate surface area is 339 Å². The van der Waals surface area contributed by atoms with Gasteiger partial charge in [-0.25, -0.2) is 19.6 Å². The molecule has 0 spiro atoms. The van der Waals surface area contributed by atoms with E-state index in [2.05, 4.69) is 110 Å². The Bertz CT molecular complexity index is 2310. The molecule has 6 N–H and O–H groups in total. The first-order valence-corrected chi connectivity index (χ1v) is 19.6. The van der Waals surface area contributed by atoms with Gasteiger partial charge in [-0.05, 0) is 54.5 Å². The van der Waals surface area contributed by atoms with Crippen molar-refractivity contribution in [3.05, 3.63) is 96.4 Å². The van der Waals surface area contributed by atoms with Crippen LogP contribution in [0.1, 0.15) is 60.8 Å². The largest absolute Gasteiger partial charge is 0.453 e. The zero-order chi connectivity index (χ0) is 40.7. The van der Waals surface area contributed by atoms with Gasteiger partial charge < -0.3 is 35.0 Å². The molecule has 306 valence electrons. The summed E-state index contributed by atoms with van der Waals surface area (Å²) in [4.78, 5) is 58.6. The highest BCUT2D eigenvalue weighted by Crippen LogP contribution is 2.34. The number of carbonyl (C=O) groups is 3. The van der Waals surface area contributed by atoms with Crippen molar-refractivity contribution < 1.29 is 23.9 Å². The number of hydrogen-bond acceptors (Lipinski definition) is 12. The summed E-state index contributed by atoms with van der Waals surface area (Å²) in [5.41, 5.74) is 7.22. The van der Waals surface area contributed by atoms with Gasteiger partial charge in [0.15, 0.2) is 0 Å². The van der Waals surface area contributed by atoms with Crippen LogP contribution in [0, 0.1) is 0 Å². The molecule has 2 saturated heterocycles. The molecule has 3 amide bonds. The number of amides is 3. The number of hydrogen-bond donors (Lipinski definition) is 6. The predicted octanol–water partition coefficient (Wildman–Crippen LogP) is 4.11. The van der Waals surface area contributed by atoms with Crippen molar-refractivity contribution >= 4 is 18.1 Å². The van der Waals surface area contributed by atoms with Crippen LogP contribution in [0.4, 0.5) is 9.59 Å². The van der Waals surface area contributed by atoms with Crippen molar-refractivity contribution in [1.82, 2.24) is 71.2 Å². The van der Waals surface area contributed by atoms with Gasteiger partial charge in [-0.3, -0.25) is 19.9 Å². The first-order chi connectivity index (χ1) is 28.8. The molecule has 0 bridgehead atoms. The van der Waals surface area contributed by atoms with Crippen LogP contribution < -0.4 is 10.6 Å². The number of methoxy groups -OCH3 is 2.